The van der Waals surface area contributed by atoms with E-state index in [4.69, 9.17) is 9.47 Å². The molecule has 2 amide bonds. The lowest BCUT2D eigenvalue weighted by molar-refractivity contribution is 0.0923. The number of carbonyl (C=O) groups is 2. The zero-order chi connectivity index (χ0) is 27.5. The Kier molecular flexibility index (Phi) is 7.67. The first-order valence-corrected chi connectivity index (χ1v) is 13.2. The highest BCUT2D eigenvalue weighted by Gasteiger charge is 2.42. The summed E-state index contributed by atoms with van der Waals surface area (Å²) >= 11 is 0. The third-order valence-electron chi connectivity index (χ3n) is 7.78. The van der Waals surface area contributed by atoms with Crippen LogP contribution >= 0.6 is 0 Å². The van der Waals surface area contributed by atoms with Gasteiger partial charge < -0.3 is 25.0 Å². The summed E-state index contributed by atoms with van der Waals surface area (Å²) in [6.45, 7) is 2.11. The standard InChI is InChI=1S/C30H33FN4O4/c1-18-25(5-4-6-26(18)38-2)30(37)34-22-14-23-10-11-24(15-22)35(23)28-12-8-20(17-32-28)29(36)33-16-19-7-9-21(31)13-27(19)39-3/h4-9,12-13,17,22-24H,10-11,14-16H2,1-3H3,(H,33,36)(H,34,37). The lowest BCUT2D eigenvalue weighted by Gasteiger charge is -2.40. The molecule has 2 bridgehead atoms. The van der Waals surface area contributed by atoms with Gasteiger partial charge in [-0.1, -0.05) is 12.1 Å². The molecule has 2 saturated heterocycles. The highest BCUT2D eigenvalue weighted by Crippen LogP contribution is 2.38. The minimum Gasteiger partial charge on any atom is -0.496 e. The summed E-state index contributed by atoms with van der Waals surface area (Å²) in [5.74, 6) is 1.20. The number of hydrogen-bond acceptors (Lipinski definition) is 6. The quantitative estimate of drug-likeness (QED) is 0.447. The van der Waals surface area contributed by atoms with Gasteiger partial charge in [0.15, 0.2) is 0 Å². The van der Waals surface area contributed by atoms with Gasteiger partial charge in [0.25, 0.3) is 11.8 Å². The van der Waals surface area contributed by atoms with Gasteiger partial charge in [-0.3, -0.25) is 9.59 Å². The van der Waals surface area contributed by atoms with E-state index >= 15 is 0 Å². The van der Waals surface area contributed by atoms with Gasteiger partial charge >= 0.3 is 0 Å². The van der Waals surface area contributed by atoms with Gasteiger partial charge in [0.2, 0.25) is 0 Å². The average molecular weight is 533 g/mol. The Morgan fingerprint density at radius 3 is 2.41 bits per heavy atom. The lowest BCUT2D eigenvalue weighted by Crippen LogP contribution is -2.50. The molecular formula is C30H33FN4O4. The maximum atomic E-state index is 13.4. The van der Waals surface area contributed by atoms with E-state index in [0.717, 1.165) is 37.1 Å². The smallest absolute Gasteiger partial charge is 0.253 e. The Morgan fingerprint density at radius 2 is 1.74 bits per heavy atom. The summed E-state index contributed by atoms with van der Waals surface area (Å²) in [6, 6.07) is 14.0. The molecule has 1 aromatic heterocycles. The Morgan fingerprint density at radius 1 is 1.00 bits per heavy atom. The van der Waals surface area contributed by atoms with Crippen LogP contribution in [0.2, 0.25) is 0 Å². The molecular weight excluding hydrogens is 499 g/mol. The summed E-state index contributed by atoms with van der Waals surface area (Å²) in [5.41, 5.74) is 2.61. The largest absolute Gasteiger partial charge is 0.496 e. The molecule has 0 aliphatic carbocycles. The average Bonchev–Trinajstić information content (AvgIpc) is 3.22. The third kappa shape index (κ3) is 5.53. The highest BCUT2D eigenvalue weighted by atomic mass is 19.1. The number of amides is 2. The van der Waals surface area contributed by atoms with Crippen LogP contribution in [0.5, 0.6) is 11.5 Å². The van der Waals surface area contributed by atoms with E-state index in [1.54, 1.807) is 25.4 Å². The maximum Gasteiger partial charge on any atom is 0.253 e. The zero-order valence-corrected chi connectivity index (χ0v) is 22.4. The van der Waals surface area contributed by atoms with Crippen LogP contribution in [-0.2, 0) is 6.54 Å². The molecule has 3 heterocycles. The molecule has 9 heteroatoms. The minimum absolute atomic E-state index is 0.0732. The van der Waals surface area contributed by atoms with Gasteiger partial charge in [0, 0.05) is 53.6 Å². The number of hydrogen-bond donors (Lipinski definition) is 2. The fraction of sp³-hybridized carbons (Fsp3) is 0.367. The number of aromatic nitrogens is 1. The van der Waals surface area contributed by atoms with Gasteiger partial charge in [-0.25, -0.2) is 9.37 Å². The van der Waals surface area contributed by atoms with Crippen molar-refractivity contribution in [3.63, 3.8) is 0 Å². The first-order chi connectivity index (χ1) is 18.9. The first-order valence-electron chi connectivity index (χ1n) is 13.2. The van der Waals surface area contributed by atoms with Crippen molar-refractivity contribution in [2.75, 3.05) is 19.1 Å². The Balaban J connectivity index is 1.19. The zero-order valence-electron chi connectivity index (χ0n) is 22.4. The van der Waals surface area contributed by atoms with Crippen molar-refractivity contribution in [3.8, 4) is 11.5 Å². The van der Waals surface area contributed by atoms with Crippen molar-refractivity contribution < 1.29 is 23.5 Å². The van der Waals surface area contributed by atoms with Crippen LogP contribution in [0, 0.1) is 12.7 Å². The molecule has 0 radical (unpaired) electrons. The number of carbonyl (C=O) groups excluding carboxylic acids is 2. The van der Waals surface area contributed by atoms with E-state index in [0.29, 0.717) is 28.2 Å². The molecule has 39 heavy (non-hydrogen) atoms. The predicted molar refractivity (Wildman–Crippen MR) is 146 cm³/mol. The number of fused-ring (bicyclic) bond motifs is 2. The van der Waals surface area contributed by atoms with Crippen LogP contribution in [0.15, 0.2) is 54.7 Å². The summed E-state index contributed by atoms with van der Waals surface area (Å²) < 4.78 is 24.0. The predicted octanol–water partition coefficient (Wildman–Crippen LogP) is 4.41. The first kappa shape index (κ1) is 26.5. The van der Waals surface area contributed by atoms with Crippen molar-refractivity contribution in [2.45, 2.75) is 57.3 Å². The lowest BCUT2D eigenvalue weighted by atomic mass is 9.96. The molecule has 2 N–H and O–H groups in total. The number of pyridine rings is 1. The number of piperidine rings is 1. The molecule has 5 rings (SSSR count). The summed E-state index contributed by atoms with van der Waals surface area (Å²) in [5, 5.41) is 6.08. The number of nitrogens with zero attached hydrogens (tertiary/aromatic N) is 2. The van der Waals surface area contributed by atoms with E-state index in [-0.39, 0.29) is 36.5 Å². The second kappa shape index (κ2) is 11.3. The third-order valence-corrected chi connectivity index (χ3v) is 7.78. The molecule has 0 spiro atoms. The molecule has 0 saturated carbocycles. The molecule has 2 aliphatic heterocycles. The number of benzene rings is 2. The van der Waals surface area contributed by atoms with Crippen LogP contribution in [0.4, 0.5) is 10.2 Å². The van der Waals surface area contributed by atoms with Crippen molar-refractivity contribution in [3.05, 3.63) is 82.8 Å². The molecule has 2 fully saturated rings. The second-order valence-electron chi connectivity index (χ2n) is 10.1. The van der Waals surface area contributed by atoms with E-state index < -0.39 is 5.82 Å². The van der Waals surface area contributed by atoms with Crippen molar-refractivity contribution in [2.24, 2.45) is 0 Å². The minimum atomic E-state index is -0.394. The fourth-order valence-electron chi connectivity index (χ4n) is 5.83. The normalized spacial score (nSPS) is 19.9. The highest BCUT2D eigenvalue weighted by molar-refractivity contribution is 5.96. The summed E-state index contributed by atoms with van der Waals surface area (Å²) in [4.78, 5) is 32.7. The molecule has 2 aromatic carbocycles. The fourth-order valence-corrected chi connectivity index (χ4v) is 5.83. The van der Waals surface area contributed by atoms with Gasteiger partial charge in [-0.15, -0.1) is 0 Å². The van der Waals surface area contributed by atoms with Crippen LogP contribution in [0.1, 0.15) is 57.5 Å². The maximum absolute atomic E-state index is 13.4. The van der Waals surface area contributed by atoms with Crippen molar-refractivity contribution in [1.82, 2.24) is 15.6 Å². The van der Waals surface area contributed by atoms with E-state index in [9.17, 15) is 14.0 Å². The molecule has 2 atom stereocenters. The van der Waals surface area contributed by atoms with Gasteiger partial charge in [0.05, 0.1) is 19.8 Å². The van der Waals surface area contributed by atoms with Gasteiger partial charge in [-0.2, -0.15) is 0 Å². The van der Waals surface area contributed by atoms with E-state index in [2.05, 4.69) is 20.5 Å². The number of anilines is 1. The molecule has 204 valence electrons. The number of ether oxygens (including phenoxy) is 2. The Bertz CT molecular complexity index is 1350. The van der Waals surface area contributed by atoms with Crippen LogP contribution in [-0.4, -0.2) is 49.1 Å². The second-order valence-corrected chi connectivity index (χ2v) is 10.1. The van der Waals surface area contributed by atoms with Crippen molar-refractivity contribution in [1.29, 1.82) is 0 Å². The van der Waals surface area contributed by atoms with Crippen LogP contribution < -0.4 is 25.0 Å². The number of halogens is 1. The van der Waals surface area contributed by atoms with Crippen LogP contribution in [0.25, 0.3) is 0 Å². The number of methoxy groups -OCH3 is 2. The summed E-state index contributed by atoms with van der Waals surface area (Å²) in [7, 11) is 3.07. The Hall–Kier alpha value is -4.14. The summed E-state index contributed by atoms with van der Waals surface area (Å²) in [6.07, 6.45) is 5.35. The topological polar surface area (TPSA) is 92.8 Å². The van der Waals surface area contributed by atoms with Crippen molar-refractivity contribution >= 4 is 17.6 Å². The van der Waals surface area contributed by atoms with E-state index in [1.807, 2.05) is 31.2 Å². The van der Waals surface area contributed by atoms with Gasteiger partial charge in [-0.05, 0) is 62.9 Å². The van der Waals surface area contributed by atoms with Gasteiger partial charge in [0.1, 0.15) is 23.1 Å². The molecule has 2 unspecified atom stereocenters. The van der Waals surface area contributed by atoms with E-state index in [1.165, 1.54) is 19.2 Å². The Labute approximate surface area is 227 Å². The SMILES string of the molecule is COc1cc(F)ccc1CNC(=O)c1ccc(N2C3CCC2CC(NC(=O)c2cccc(OC)c2C)C3)nc1. The monoisotopic (exact) mass is 532 g/mol. The molecule has 3 aromatic rings. The van der Waals surface area contributed by atoms with Crippen LogP contribution in [0.3, 0.4) is 0 Å². The number of nitrogens with one attached hydrogen (secondary N) is 2. The number of rotatable bonds is 8. The molecule has 8 nitrogen and oxygen atoms in total. The molecule has 2 aliphatic rings.